The minimum atomic E-state index is 0.231. The molecule has 0 aromatic heterocycles. The van der Waals surface area contributed by atoms with Crippen molar-refractivity contribution in [1.29, 1.82) is 0 Å². The lowest BCUT2D eigenvalue weighted by Crippen LogP contribution is -2.14. The molecule has 0 spiro atoms. The van der Waals surface area contributed by atoms with Gasteiger partial charge in [0, 0.05) is 18.0 Å². The lowest BCUT2D eigenvalue weighted by atomic mass is 9.80. The standard InChI is InChI=1S/C18H19NO2/c1-21-17-8-7-15-14(11-19)9-13(10-16(15)18(17)20)12-5-3-2-4-6-12/h2-9,13,20H,10-11,19H2,1H3. The zero-order valence-corrected chi connectivity index (χ0v) is 12.0. The number of rotatable bonds is 3. The van der Waals surface area contributed by atoms with Gasteiger partial charge >= 0.3 is 0 Å². The number of methoxy groups -OCH3 is 1. The first-order valence-electron chi connectivity index (χ1n) is 7.09. The molecule has 3 N–H and O–H groups in total. The van der Waals surface area contributed by atoms with Crippen LogP contribution in [0.5, 0.6) is 11.5 Å². The van der Waals surface area contributed by atoms with Crippen LogP contribution in [-0.4, -0.2) is 18.8 Å². The second-order valence-corrected chi connectivity index (χ2v) is 5.26. The van der Waals surface area contributed by atoms with Crippen molar-refractivity contribution in [2.24, 2.45) is 5.73 Å². The maximum absolute atomic E-state index is 10.4. The molecule has 1 atom stereocenters. The summed E-state index contributed by atoms with van der Waals surface area (Å²) in [5.41, 5.74) is 10.2. The summed E-state index contributed by atoms with van der Waals surface area (Å²) in [4.78, 5) is 0. The van der Waals surface area contributed by atoms with Crippen LogP contribution in [0.1, 0.15) is 22.6 Å². The van der Waals surface area contributed by atoms with E-state index in [1.807, 2.05) is 24.3 Å². The van der Waals surface area contributed by atoms with Gasteiger partial charge in [0.15, 0.2) is 11.5 Å². The number of benzene rings is 2. The van der Waals surface area contributed by atoms with Gasteiger partial charge in [0.2, 0.25) is 0 Å². The fourth-order valence-electron chi connectivity index (χ4n) is 2.99. The Hall–Kier alpha value is -2.26. The van der Waals surface area contributed by atoms with Gasteiger partial charge in [-0.1, -0.05) is 42.5 Å². The van der Waals surface area contributed by atoms with Gasteiger partial charge in [-0.3, -0.25) is 0 Å². The summed E-state index contributed by atoms with van der Waals surface area (Å²) >= 11 is 0. The highest BCUT2D eigenvalue weighted by molar-refractivity contribution is 5.76. The van der Waals surface area contributed by atoms with Gasteiger partial charge in [-0.15, -0.1) is 0 Å². The largest absolute Gasteiger partial charge is 0.504 e. The molecule has 1 aliphatic carbocycles. The van der Waals surface area contributed by atoms with Crippen LogP contribution in [0.15, 0.2) is 48.5 Å². The Kier molecular flexibility index (Phi) is 3.67. The summed E-state index contributed by atoms with van der Waals surface area (Å²) in [6.07, 6.45) is 2.97. The van der Waals surface area contributed by atoms with Gasteiger partial charge in [-0.2, -0.15) is 0 Å². The molecule has 3 heteroatoms. The number of allylic oxidation sites excluding steroid dienone is 1. The third kappa shape index (κ3) is 2.41. The van der Waals surface area contributed by atoms with Crippen molar-refractivity contribution in [1.82, 2.24) is 0 Å². The van der Waals surface area contributed by atoms with Gasteiger partial charge in [-0.25, -0.2) is 0 Å². The molecule has 2 aromatic rings. The normalized spacial score (nSPS) is 17.0. The predicted molar refractivity (Wildman–Crippen MR) is 84.6 cm³/mol. The number of ether oxygens (including phenoxy) is 1. The molecule has 21 heavy (non-hydrogen) atoms. The average molecular weight is 281 g/mol. The molecule has 1 unspecified atom stereocenters. The number of nitrogens with two attached hydrogens (primary N) is 1. The number of hydrogen-bond acceptors (Lipinski definition) is 3. The molecular formula is C18H19NO2. The lowest BCUT2D eigenvalue weighted by Gasteiger charge is -2.25. The first-order chi connectivity index (χ1) is 10.2. The third-order valence-electron chi connectivity index (χ3n) is 4.09. The van der Waals surface area contributed by atoms with E-state index in [2.05, 4.69) is 18.2 Å². The van der Waals surface area contributed by atoms with Crippen molar-refractivity contribution in [3.05, 3.63) is 65.2 Å². The Labute approximate surface area is 124 Å². The van der Waals surface area contributed by atoms with Crippen LogP contribution >= 0.6 is 0 Å². The van der Waals surface area contributed by atoms with E-state index in [0.29, 0.717) is 12.3 Å². The first-order valence-corrected chi connectivity index (χ1v) is 7.09. The summed E-state index contributed by atoms with van der Waals surface area (Å²) in [5.74, 6) is 0.976. The van der Waals surface area contributed by atoms with Crippen LogP contribution in [0.2, 0.25) is 0 Å². The van der Waals surface area contributed by atoms with Crippen molar-refractivity contribution in [3.8, 4) is 11.5 Å². The highest BCUT2D eigenvalue weighted by Crippen LogP contribution is 2.42. The van der Waals surface area contributed by atoms with Gasteiger partial charge in [0.1, 0.15) is 0 Å². The number of phenols is 1. The maximum atomic E-state index is 10.4. The van der Waals surface area contributed by atoms with E-state index < -0.39 is 0 Å². The molecule has 0 bridgehead atoms. The quantitative estimate of drug-likeness (QED) is 0.909. The molecule has 1 aliphatic rings. The average Bonchev–Trinajstić information content (AvgIpc) is 2.55. The number of fused-ring (bicyclic) bond motifs is 1. The zero-order chi connectivity index (χ0) is 14.8. The monoisotopic (exact) mass is 281 g/mol. The van der Waals surface area contributed by atoms with Gasteiger partial charge in [0.25, 0.3) is 0 Å². The Balaban J connectivity index is 2.09. The van der Waals surface area contributed by atoms with E-state index in [1.165, 1.54) is 5.56 Å². The van der Waals surface area contributed by atoms with E-state index in [0.717, 1.165) is 23.1 Å². The summed E-state index contributed by atoms with van der Waals surface area (Å²) in [7, 11) is 1.57. The molecular weight excluding hydrogens is 262 g/mol. The molecule has 0 heterocycles. The molecule has 0 aliphatic heterocycles. The van der Waals surface area contributed by atoms with Gasteiger partial charge < -0.3 is 15.6 Å². The van der Waals surface area contributed by atoms with Crippen molar-refractivity contribution >= 4 is 5.57 Å². The Morgan fingerprint density at radius 1 is 1.19 bits per heavy atom. The highest BCUT2D eigenvalue weighted by Gasteiger charge is 2.24. The Morgan fingerprint density at radius 3 is 2.62 bits per heavy atom. The fraction of sp³-hybridized carbons (Fsp3) is 0.222. The smallest absolute Gasteiger partial charge is 0.161 e. The summed E-state index contributed by atoms with van der Waals surface area (Å²) in [6, 6.07) is 14.1. The molecule has 3 rings (SSSR count). The van der Waals surface area contributed by atoms with E-state index in [1.54, 1.807) is 13.2 Å². The minimum Gasteiger partial charge on any atom is -0.504 e. The molecule has 108 valence electrons. The van der Waals surface area contributed by atoms with E-state index >= 15 is 0 Å². The lowest BCUT2D eigenvalue weighted by molar-refractivity contribution is 0.370. The van der Waals surface area contributed by atoms with Crippen LogP contribution in [0.3, 0.4) is 0 Å². The van der Waals surface area contributed by atoms with Crippen LogP contribution in [0.25, 0.3) is 5.57 Å². The number of hydrogen-bond donors (Lipinski definition) is 2. The second-order valence-electron chi connectivity index (χ2n) is 5.26. The fourth-order valence-corrected chi connectivity index (χ4v) is 2.99. The molecule has 3 nitrogen and oxygen atoms in total. The predicted octanol–water partition coefficient (Wildman–Crippen LogP) is 3.08. The zero-order valence-electron chi connectivity index (χ0n) is 12.0. The Bertz CT molecular complexity index is 677. The molecule has 0 amide bonds. The first kappa shape index (κ1) is 13.7. The third-order valence-corrected chi connectivity index (χ3v) is 4.09. The number of phenolic OH excluding ortho intramolecular Hbond substituents is 1. The van der Waals surface area contributed by atoms with Crippen molar-refractivity contribution in [2.45, 2.75) is 12.3 Å². The van der Waals surface area contributed by atoms with Gasteiger partial charge in [0.05, 0.1) is 7.11 Å². The topological polar surface area (TPSA) is 55.5 Å². The van der Waals surface area contributed by atoms with Crippen molar-refractivity contribution < 1.29 is 9.84 Å². The van der Waals surface area contributed by atoms with Crippen LogP contribution in [0.4, 0.5) is 0 Å². The van der Waals surface area contributed by atoms with Crippen LogP contribution in [0, 0.1) is 0 Å². The van der Waals surface area contributed by atoms with E-state index in [9.17, 15) is 5.11 Å². The van der Waals surface area contributed by atoms with Crippen molar-refractivity contribution in [3.63, 3.8) is 0 Å². The molecule has 2 aromatic carbocycles. The van der Waals surface area contributed by atoms with Gasteiger partial charge in [-0.05, 0) is 29.2 Å². The molecule has 0 radical (unpaired) electrons. The number of aromatic hydroxyl groups is 1. The summed E-state index contributed by atoms with van der Waals surface area (Å²) < 4.78 is 5.22. The SMILES string of the molecule is COc1ccc2c(c1O)CC(c1ccccc1)C=C2CN. The van der Waals surface area contributed by atoms with E-state index in [4.69, 9.17) is 10.5 Å². The van der Waals surface area contributed by atoms with E-state index in [-0.39, 0.29) is 11.7 Å². The van der Waals surface area contributed by atoms with Crippen LogP contribution in [-0.2, 0) is 6.42 Å². The molecule has 0 fully saturated rings. The second kappa shape index (κ2) is 5.62. The van der Waals surface area contributed by atoms with Crippen LogP contribution < -0.4 is 10.5 Å². The molecule has 0 saturated heterocycles. The Morgan fingerprint density at radius 2 is 1.95 bits per heavy atom. The molecule has 0 saturated carbocycles. The summed E-state index contributed by atoms with van der Waals surface area (Å²) in [5, 5.41) is 10.4. The van der Waals surface area contributed by atoms with Crippen molar-refractivity contribution in [2.75, 3.05) is 13.7 Å². The highest BCUT2D eigenvalue weighted by atomic mass is 16.5. The summed E-state index contributed by atoms with van der Waals surface area (Å²) in [6.45, 7) is 0.460. The maximum Gasteiger partial charge on any atom is 0.161 e. The minimum absolute atomic E-state index is 0.231.